The van der Waals surface area contributed by atoms with Crippen molar-refractivity contribution in [2.24, 2.45) is 5.41 Å². The molecular formula is C15H23NO2S. The van der Waals surface area contributed by atoms with E-state index in [1.807, 2.05) is 17.5 Å². The minimum atomic E-state index is -0.975. The van der Waals surface area contributed by atoms with Crippen molar-refractivity contribution in [3.8, 4) is 0 Å². The van der Waals surface area contributed by atoms with Crippen LogP contribution in [0.2, 0.25) is 0 Å². The van der Waals surface area contributed by atoms with Crippen molar-refractivity contribution in [2.45, 2.75) is 51.6 Å². The number of rotatable bonds is 5. The van der Waals surface area contributed by atoms with Crippen LogP contribution in [0.5, 0.6) is 0 Å². The maximum absolute atomic E-state index is 12.4. The van der Waals surface area contributed by atoms with Crippen LogP contribution >= 0.6 is 11.3 Å². The van der Waals surface area contributed by atoms with Gasteiger partial charge in [-0.1, -0.05) is 25.8 Å². The first-order valence-electron chi connectivity index (χ1n) is 7.05. The molecule has 4 heteroatoms. The molecule has 1 atom stereocenters. The molecule has 3 nitrogen and oxygen atoms in total. The normalized spacial score (nSPS) is 21.0. The number of amides is 1. The molecule has 1 saturated carbocycles. The Labute approximate surface area is 119 Å². The van der Waals surface area contributed by atoms with Crippen molar-refractivity contribution in [1.29, 1.82) is 0 Å². The number of carbonyl (C=O) groups excluding carboxylic acids is 1. The summed E-state index contributed by atoms with van der Waals surface area (Å²) >= 11 is 1.52. The van der Waals surface area contributed by atoms with Gasteiger partial charge < -0.3 is 10.4 Å². The Balaban J connectivity index is 1.97. The summed E-state index contributed by atoms with van der Waals surface area (Å²) in [6.45, 7) is 4.13. The van der Waals surface area contributed by atoms with Gasteiger partial charge in [-0.2, -0.15) is 0 Å². The standard InChI is InChI=1S/C15H23NO2S/c1-3-15(8-4-5-9-15)13(17)16-11-14(2,18)12-7-6-10-19-12/h6-7,10,18H,3-5,8-9,11H2,1-2H3,(H,16,17). The monoisotopic (exact) mass is 281 g/mol. The maximum Gasteiger partial charge on any atom is 0.226 e. The van der Waals surface area contributed by atoms with E-state index in [0.29, 0.717) is 0 Å². The van der Waals surface area contributed by atoms with Crippen molar-refractivity contribution < 1.29 is 9.90 Å². The van der Waals surface area contributed by atoms with Gasteiger partial charge in [-0.3, -0.25) is 4.79 Å². The second kappa shape index (κ2) is 5.63. The van der Waals surface area contributed by atoms with E-state index in [-0.39, 0.29) is 17.9 Å². The summed E-state index contributed by atoms with van der Waals surface area (Å²) < 4.78 is 0. The molecule has 1 unspecified atom stereocenters. The fourth-order valence-electron chi connectivity index (χ4n) is 2.90. The Morgan fingerprint density at radius 2 is 2.21 bits per heavy atom. The lowest BCUT2D eigenvalue weighted by Crippen LogP contribution is -2.44. The van der Waals surface area contributed by atoms with Crippen LogP contribution < -0.4 is 5.32 Å². The summed E-state index contributed by atoms with van der Waals surface area (Å²) in [6, 6.07) is 3.82. The van der Waals surface area contributed by atoms with Crippen molar-refractivity contribution in [3.63, 3.8) is 0 Å². The topological polar surface area (TPSA) is 49.3 Å². The van der Waals surface area contributed by atoms with Crippen LogP contribution in [0, 0.1) is 5.41 Å². The van der Waals surface area contributed by atoms with Crippen LogP contribution in [-0.2, 0) is 10.4 Å². The van der Waals surface area contributed by atoms with Crippen LogP contribution in [0.4, 0.5) is 0 Å². The SMILES string of the molecule is CCC1(C(=O)NCC(C)(O)c2cccs2)CCCC1. The van der Waals surface area contributed by atoms with Crippen LogP contribution in [0.15, 0.2) is 17.5 Å². The molecule has 0 bridgehead atoms. The Morgan fingerprint density at radius 1 is 1.53 bits per heavy atom. The Morgan fingerprint density at radius 3 is 2.74 bits per heavy atom. The average molecular weight is 281 g/mol. The van der Waals surface area contributed by atoms with E-state index in [0.717, 1.165) is 37.0 Å². The first-order chi connectivity index (χ1) is 9.00. The van der Waals surface area contributed by atoms with Crippen molar-refractivity contribution in [2.75, 3.05) is 6.54 Å². The van der Waals surface area contributed by atoms with Gasteiger partial charge in [-0.15, -0.1) is 11.3 Å². The molecule has 0 aliphatic heterocycles. The molecule has 1 fully saturated rings. The smallest absolute Gasteiger partial charge is 0.226 e. The van der Waals surface area contributed by atoms with E-state index < -0.39 is 5.60 Å². The third-order valence-electron chi connectivity index (χ3n) is 4.36. The summed E-state index contributed by atoms with van der Waals surface area (Å²) in [5, 5.41) is 15.3. The third-order valence-corrected chi connectivity index (χ3v) is 5.49. The van der Waals surface area contributed by atoms with Gasteiger partial charge in [-0.25, -0.2) is 0 Å². The van der Waals surface area contributed by atoms with E-state index >= 15 is 0 Å². The Bertz CT molecular complexity index is 419. The van der Waals surface area contributed by atoms with Gasteiger partial charge in [0.25, 0.3) is 0 Å². The lowest BCUT2D eigenvalue weighted by molar-refractivity contribution is -0.132. The Kier molecular flexibility index (Phi) is 4.31. The van der Waals surface area contributed by atoms with Crippen LogP contribution in [-0.4, -0.2) is 17.6 Å². The number of nitrogens with one attached hydrogen (secondary N) is 1. The number of carbonyl (C=O) groups is 1. The van der Waals surface area contributed by atoms with E-state index in [9.17, 15) is 9.90 Å². The van der Waals surface area contributed by atoms with Gasteiger partial charge in [0.2, 0.25) is 5.91 Å². The summed E-state index contributed by atoms with van der Waals surface area (Å²) in [7, 11) is 0. The number of hydrogen-bond donors (Lipinski definition) is 2. The lowest BCUT2D eigenvalue weighted by Gasteiger charge is -2.29. The molecule has 0 aromatic carbocycles. The number of hydrogen-bond acceptors (Lipinski definition) is 3. The molecule has 0 radical (unpaired) electrons. The minimum absolute atomic E-state index is 0.115. The van der Waals surface area contributed by atoms with Gasteiger partial charge in [0, 0.05) is 10.3 Å². The molecule has 2 N–H and O–H groups in total. The van der Waals surface area contributed by atoms with Gasteiger partial charge in [-0.05, 0) is 37.6 Å². The van der Waals surface area contributed by atoms with Gasteiger partial charge in [0.1, 0.15) is 5.60 Å². The highest BCUT2D eigenvalue weighted by Crippen LogP contribution is 2.41. The predicted molar refractivity (Wildman–Crippen MR) is 78.1 cm³/mol. The molecule has 19 heavy (non-hydrogen) atoms. The molecular weight excluding hydrogens is 258 g/mol. The van der Waals surface area contributed by atoms with Crippen molar-refractivity contribution in [1.82, 2.24) is 5.32 Å². The minimum Gasteiger partial charge on any atom is -0.383 e. The largest absolute Gasteiger partial charge is 0.383 e. The zero-order chi connectivity index (χ0) is 13.9. The molecule has 2 rings (SSSR count). The van der Waals surface area contributed by atoms with Gasteiger partial charge in [0.15, 0.2) is 0 Å². The molecule has 1 heterocycles. The number of aliphatic hydroxyl groups is 1. The highest BCUT2D eigenvalue weighted by Gasteiger charge is 2.40. The quantitative estimate of drug-likeness (QED) is 0.871. The number of thiophene rings is 1. The van der Waals surface area contributed by atoms with Crippen molar-refractivity contribution >= 4 is 17.2 Å². The highest BCUT2D eigenvalue weighted by molar-refractivity contribution is 7.10. The predicted octanol–water partition coefficient (Wildman–Crippen LogP) is 3.04. The molecule has 1 aromatic heterocycles. The van der Waals surface area contributed by atoms with Crippen LogP contribution in [0.3, 0.4) is 0 Å². The van der Waals surface area contributed by atoms with Gasteiger partial charge in [0.05, 0.1) is 6.54 Å². The molecule has 0 spiro atoms. The summed E-state index contributed by atoms with van der Waals surface area (Å²) in [5.41, 5.74) is -1.16. The fraction of sp³-hybridized carbons (Fsp3) is 0.667. The van der Waals surface area contributed by atoms with E-state index in [1.54, 1.807) is 6.92 Å². The van der Waals surface area contributed by atoms with Gasteiger partial charge >= 0.3 is 0 Å². The second-order valence-corrected chi connectivity index (χ2v) is 6.72. The molecule has 1 aliphatic carbocycles. The lowest BCUT2D eigenvalue weighted by atomic mass is 9.82. The maximum atomic E-state index is 12.4. The molecule has 1 aliphatic rings. The summed E-state index contributed by atoms with van der Waals surface area (Å²) in [6.07, 6.45) is 5.14. The summed E-state index contributed by atoms with van der Waals surface area (Å²) in [5.74, 6) is 0.115. The average Bonchev–Trinajstić information content (AvgIpc) is 3.07. The zero-order valence-corrected chi connectivity index (χ0v) is 12.6. The van der Waals surface area contributed by atoms with E-state index in [2.05, 4.69) is 12.2 Å². The first-order valence-corrected chi connectivity index (χ1v) is 7.93. The molecule has 1 amide bonds. The second-order valence-electron chi connectivity index (χ2n) is 5.77. The fourth-order valence-corrected chi connectivity index (χ4v) is 3.69. The Hall–Kier alpha value is -0.870. The third kappa shape index (κ3) is 3.00. The molecule has 106 valence electrons. The van der Waals surface area contributed by atoms with E-state index in [4.69, 9.17) is 0 Å². The molecule has 1 aromatic rings. The van der Waals surface area contributed by atoms with Crippen LogP contribution in [0.1, 0.15) is 50.8 Å². The van der Waals surface area contributed by atoms with E-state index in [1.165, 1.54) is 11.3 Å². The van der Waals surface area contributed by atoms with Crippen molar-refractivity contribution in [3.05, 3.63) is 22.4 Å². The van der Waals surface area contributed by atoms with Crippen LogP contribution in [0.25, 0.3) is 0 Å². The first kappa shape index (κ1) is 14.5. The summed E-state index contributed by atoms with van der Waals surface area (Å²) in [4.78, 5) is 13.3. The highest BCUT2D eigenvalue weighted by atomic mass is 32.1. The molecule has 0 saturated heterocycles. The zero-order valence-electron chi connectivity index (χ0n) is 11.7.